The molecule has 1 aromatic rings. The van der Waals surface area contributed by atoms with Gasteiger partial charge in [0.1, 0.15) is 5.75 Å². The molecule has 24 heavy (non-hydrogen) atoms. The van der Waals surface area contributed by atoms with Gasteiger partial charge in [0, 0.05) is 30.4 Å². The van der Waals surface area contributed by atoms with E-state index in [9.17, 15) is 4.79 Å². The van der Waals surface area contributed by atoms with Crippen LogP contribution in [0.15, 0.2) is 24.3 Å². The van der Waals surface area contributed by atoms with Crippen LogP contribution in [0.3, 0.4) is 0 Å². The fraction of sp³-hybridized carbons (Fsp3) is 0.650. The van der Waals surface area contributed by atoms with Gasteiger partial charge in [-0.2, -0.15) is 0 Å². The smallest absolute Gasteiger partial charge is 0.217 e. The van der Waals surface area contributed by atoms with Crippen molar-refractivity contribution in [3.05, 3.63) is 29.8 Å². The lowest BCUT2D eigenvalue weighted by atomic mass is 9.66. The van der Waals surface area contributed by atoms with Crippen molar-refractivity contribution >= 4 is 5.91 Å². The van der Waals surface area contributed by atoms with E-state index in [1.165, 1.54) is 6.42 Å². The maximum Gasteiger partial charge on any atom is 0.217 e. The first-order valence-corrected chi connectivity index (χ1v) is 9.00. The summed E-state index contributed by atoms with van der Waals surface area (Å²) in [4.78, 5) is 11.8. The molecule has 0 radical (unpaired) electrons. The lowest BCUT2D eigenvalue weighted by molar-refractivity contribution is -0.153. The second kappa shape index (κ2) is 6.75. The highest BCUT2D eigenvalue weighted by atomic mass is 16.5. The van der Waals surface area contributed by atoms with Gasteiger partial charge < -0.3 is 14.8 Å². The van der Waals surface area contributed by atoms with E-state index in [-0.39, 0.29) is 23.7 Å². The van der Waals surface area contributed by atoms with Crippen molar-refractivity contribution < 1.29 is 14.3 Å². The molecule has 0 bridgehead atoms. The minimum absolute atomic E-state index is 0.0375. The Balaban J connectivity index is 1.93. The van der Waals surface area contributed by atoms with Crippen LogP contribution >= 0.6 is 0 Å². The molecule has 0 spiro atoms. The highest BCUT2D eigenvalue weighted by Gasteiger charge is 2.49. The zero-order valence-corrected chi connectivity index (χ0v) is 15.2. The van der Waals surface area contributed by atoms with Crippen LogP contribution in [0.4, 0.5) is 0 Å². The van der Waals surface area contributed by atoms with Crippen molar-refractivity contribution in [2.45, 2.75) is 64.2 Å². The van der Waals surface area contributed by atoms with Crippen LogP contribution in [0.2, 0.25) is 0 Å². The predicted molar refractivity (Wildman–Crippen MR) is 94.0 cm³/mol. The fourth-order valence-electron chi connectivity index (χ4n) is 4.67. The van der Waals surface area contributed by atoms with Crippen molar-refractivity contribution in [3.8, 4) is 5.75 Å². The SMILES string of the molecule is COc1ccccc1[C@H]1C[C@@](C)(NC(C)=O)[C@@H]2CC[C@@H](C)C[C@H]2O1. The summed E-state index contributed by atoms with van der Waals surface area (Å²) in [5.74, 6) is 1.94. The van der Waals surface area contributed by atoms with Crippen LogP contribution < -0.4 is 10.1 Å². The highest BCUT2D eigenvalue weighted by molar-refractivity contribution is 5.73. The Morgan fingerprint density at radius 3 is 2.79 bits per heavy atom. The number of rotatable bonds is 3. The molecule has 2 aliphatic rings. The van der Waals surface area contributed by atoms with Gasteiger partial charge in [-0.05, 0) is 31.7 Å². The number of para-hydroxylation sites is 1. The number of methoxy groups -OCH3 is 1. The maximum atomic E-state index is 11.8. The number of ether oxygens (including phenoxy) is 2. The third-order valence-electron chi connectivity index (χ3n) is 5.77. The molecular formula is C20H29NO3. The van der Waals surface area contributed by atoms with E-state index in [0.717, 1.165) is 30.6 Å². The van der Waals surface area contributed by atoms with Gasteiger partial charge in [0.05, 0.1) is 19.3 Å². The Morgan fingerprint density at radius 2 is 2.08 bits per heavy atom. The normalized spacial score (nSPS) is 35.8. The summed E-state index contributed by atoms with van der Waals surface area (Å²) < 4.78 is 12.1. The molecule has 0 aromatic heterocycles. The predicted octanol–water partition coefficient (Wildman–Crippen LogP) is 3.86. The third kappa shape index (κ3) is 3.30. The van der Waals surface area contributed by atoms with Crippen molar-refractivity contribution in [2.75, 3.05) is 7.11 Å². The standard InChI is InChI=1S/C20H29NO3/c1-13-9-10-16-18(11-13)24-19(12-20(16,3)21-14(2)22)15-7-5-6-8-17(15)23-4/h5-8,13,16,18-19H,9-12H2,1-4H3,(H,21,22)/t13-,16-,18-,19-,20-/m1/s1. The number of carbonyl (C=O) groups excluding carboxylic acids is 1. The first kappa shape index (κ1) is 17.3. The summed E-state index contributed by atoms with van der Waals surface area (Å²) in [6, 6.07) is 8.05. The summed E-state index contributed by atoms with van der Waals surface area (Å²) in [6.07, 6.45) is 4.30. The van der Waals surface area contributed by atoms with Crippen molar-refractivity contribution in [2.24, 2.45) is 11.8 Å². The van der Waals surface area contributed by atoms with Crippen LogP contribution in [0.25, 0.3) is 0 Å². The Labute approximate surface area is 144 Å². The number of amides is 1. The zero-order chi connectivity index (χ0) is 17.3. The molecule has 1 aliphatic carbocycles. The van der Waals surface area contributed by atoms with E-state index in [2.05, 4.69) is 25.2 Å². The number of fused-ring (bicyclic) bond motifs is 1. The monoisotopic (exact) mass is 331 g/mol. The minimum Gasteiger partial charge on any atom is -0.496 e. The molecule has 5 atom stereocenters. The number of benzene rings is 1. The molecule has 2 fully saturated rings. The maximum absolute atomic E-state index is 11.8. The average molecular weight is 331 g/mol. The molecule has 4 nitrogen and oxygen atoms in total. The van der Waals surface area contributed by atoms with Crippen LogP contribution in [0, 0.1) is 11.8 Å². The number of hydrogen-bond donors (Lipinski definition) is 1. The van der Waals surface area contributed by atoms with Crippen molar-refractivity contribution in [1.29, 1.82) is 0 Å². The molecule has 1 aliphatic heterocycles. The van der Waals surface area contributed by atoms with Crippen LogP contribution in [0.5, 0.6) is 5.75 Å². The Bertz CT molecular complexity index is 602. The minimum atomic E-state index is -0.236. The Hall–Kier alpha value is -1.55. The van der Waals surface area contributed by atoms with Crippen molar-refractivity contribution in [3.63, 3.8) is 0 Å². The van der Waals surface area contributed by atoms with Gasteiger partial charge in [-0.3, -0.25) is 4.79 Å². The van der Waals surface area contributed by atoms with Gasteiger partial charge in [-0.1, -0.05) is 31.5 Å². The quantitative estimate of drug-likeness (QED) is 0.915. The van der Waals surface area contributed by atoms with E-state index >= 15 is 0 Å². The van der Waals surface area contributed by atoms with E-state index in [4.69, 9.17) is 9.47 Å². The van der Waals surface area contributed by atoms with Gasteiger partial charge in [0.2, 0.25) is 5.91 Å². The van der Waals surface area contributed by atoms with E-state index < -0.39 is 0 Å². The molecule has 4 heteroatoms. The molecule has 1 amide bonds. The Morgan fingerprint density at radius 1 is 1.33 bits per heavy atom. The number of nitrogens with one attached hydrogen (secondary N) is 1. The van der Waals surface area contributed by atoms with Gasteiger partial charge in [-0.25, -0.2) is 0 Å². The molecule has 1 N–H and O–H groups in total. The van der Waals surface area contributed by atoms with Crippen molar-refractivity contribution in [1.82, 2.24) is 5.32 Å². The van der Waals surface area contributed by atoms with Crippen LogP contribution in [0.1, 0.15) is 58.1 Å². The summed E-state index contributed by atoms with van der Waals surface area (Å²) in [5, 5.41) is 3.25. The lowest BCUT2D eigenvalue weighted by Crippen LogP contribution is -2.60. The molecule has 1 heterocycles. The lowest BCUT2D eigenvalue weighted by Gasteiger charge is -2.52. The second-order valence-corrected chi connectivity index (χ2v) is 7.73. The van der Waals surface area contributed by atoms with Gasteiger partial charge in [-0.15, -0.1) is 0 Å². The van der Waals surface area contributed by atoms with Crippen LogP contribution in [-0.4, -0.2) is 24.7 Å². The summed E-state index contributed by atoms with van der Waals surface area (Å²) in [7, 11) is 1.69. The molecule has 1 saturated heterocycles. The largest absolute Gasteiger partial charge is 0.496 e. The topological polar surface area (TPSA) is 47.6 Å². The first-order chi connectivity index (χ1) is 11.4. The summed E-state index contributed by atoms with van der Waals surface area (Å²) >= 11 is 0. The molecular weight excluding hydrogens is 302 g/mol. The number of carbonyl (C=O) groups is 1. The Kier molecular flexibility index (Phi) is 4.86. The van der Waals surface area contributed by atoms with E-state index in [1.807, 2.05) is 18.2 Å². The van der Waals surface area contributed by atoms with E-state index in [1.54, 1.807) is 14.0 Å². The van der Waals surface area contributed by atoms with Gasteiger partial charge >= 0.3 is 0 Å². The van der Waals surface area contributed by atoms with Gasteiger partial charge in [0.25, 0.3) is 0 Å². The van der Waals surface area contributed by atoms with E-state index in [0.29, 0.717) is 11.8 Å². The molecule has 3 rings (SSSR count). The average Bonchev–Trinajstić information content (AvgIpc) is 2.53. The molecule has 132 valence electrons. The molecule has 1 aromatic carbocycles. The highest BCUT2D eigenvalue weighted by Crippen LogP contribution is 2.49. The van der Waals surface area contributed by atoms with Crippen LogP contribution in [-0.2, 0) is 9.53 Å². The van der Waals surface area contributed by atoms with Gasteiger partial charge in [0.15, 0.2) is 0 Å². The second-order valence-electron chi connectivity index (χ2n) is 7.73. The summed E-state index contributed by atoms with van der Waals surface area (Å²) in [5.41, 5.74) is 0.841. The first-order valence-electron chi connectivity index (χ1n) is 9.00. The fourth-order valence-corrected chi connectivity index (χ4v) is 4.67. The summed E-state index contributed by atoms with van der Waals surface area (Å²) in [6.45, 7) is 6.09. The number of hydrogen-bond acceptors (Lipinski definition) is 3. The molecule has 1 saturated carbocycles. The zero-order valence-electron chi connectivity index (χ0n) is 15.2. The molecule has 0 unspecified atom stereocenters. The third-order valence-corrected chi connectivity index (χ3v) is 5.77.